The van der Waals surface area contributed by atoms with Gasteiger partial charge in [0.25, 0.3) is 0 Å². The topological polar surface area (TPSA) is 61.4 Å². The molecule has 3 amide bonds. The fraction of sp³-hybridized carbons (Fsp3) is 0.429. The van der Waals surface area contributed by atoms with E-state index in [1.165, 1.54) is 29.2 Å². The molecule has 0 aliphatic carbocycles. The van der Waals surface area contributed by atoms with E-state index in [0.29, 0.717) is 25.2 Å². The third kappa shape index (κ3) is 3.07. The maximum absolute atomic E-state index is 13.0. The predicted octanol–water partition coefficient (Wildman–Crippen LogP) is 1.42. The predicted molar refractivity (Wildman–Crippen MR) is 72.5 cm³/mol. The molecule has 1 aromatic carbocycles. The summed E-state index contributed by atoms with van der Waals surface area (Å²) >= 11 is 0. The van der Waals surface area contributed by atoms with Gasteiger partial charge in [0.1, 0.15) is 11.9 Å². The molecule has 0 bridgehead atoms. The number of carbonyl (C=O) groups is 2. The molecule has 0 spiro atoms. The van der Waals surface area contributed by atoms with Gasteiger partial charge in [-0.05, 0) is 24.1 Å². The highest BCUT2D eigenvalue weighted by Crippen LogP contribution is 2.23. The van der Waals surface area contributed by atoms with Gasteiger partial charge in [-0.15, -0.1) is 0 Å². The number of benzene rings is 1. The van der Waals surface area contributed by atoms with E-state index >= 15 is 0 Å². The normalized spacial score (nSPS) is 18.6. The molecule has 0 aromatic heterocycles. The Labute approximate surface area is 117 Å². The second-order valence-electron chi connectivity index (χ2n) is 4.67. The van der Waals surface area contributed by atoms with Crippen molar-refractivity contribution >= 4 is 11.9 Å². The van der Waals surface area contributed by atoms with E-state index in [9.17, 15) is 14.0 Å². The van der Waals surface area contributed by atoms with Crippen molar-refractivity contribution in [2.45, 2.75) is 19.4 Å². The molecule has 1 unspecified atom stereocenters. The zero-order valence-electron chi connectivity index (χ0n) is 11.4. The molecular formula is C14H18FN3O2. The van der Waals surface area contributed by atoms with Crippen LogP contribution < -0.4 is 10.6 Å². The number of piperazine rings is 1. The monoisotopic (exact) mass is 279 g/mol. The second-order valence-corrected chi connectivity index (χ2v) is 4.67. The molecule has 1 atom stereocenters. The molecule has 108 valence electrons. The lowest BCUT2D eigenvalue weighted by atomic mass is 10.0. The third-order valence-electron chi connectivity index (χ3n) is 3.18. The maximum atomic E-state index is 13.0. The summed E-state index contributed by atoms with van der Waals surface area (Å²) < 4.78 is 13.0. The van der Waals surface area contributed by atoms with Crippen molar-refractivity contribution in [1.29, 1.82) is 0 Å². The number of rotatable bonds is 3. The van der Waals surface area contributed by atoms with Gasteiger partial charge in [-0.3, -0.25) is 4.79 Å². The molecule has 1 saturated heterocycles. The molecule has 0 saturated carbocycles. The molecule has 1 fully saturated rings. The van der Waals surface area contributed by atoms with E-state index in [0.717, 1.165) is 6.42 Å². The van der Waals surface area contributed by atoms with Gasteiger partial charge in [0.05, 0.1) is 0 Å². The van der Waals surface area contributed by atoms with Crippen molar-refractivity contribution in [3.8, 4) is 0 Å². The van der Waals surface area contributed by atoms with Crippen molar-refractivity contribution < 1.29 is 14.0 Å². The minimum Gasteiger partial charge on any atom is -0.352 e. The first kappa shape index (κ1) is 14.3. The molecule has 5 nitrogen and oxygen atoms in total. The molecule has 1 heterocycles. The Morgan fingerprint density at radius 1 is 1.45 bits per heavy atom. The first-order valence-corrected chi connectivity index (χ1v) is 6.71. The van der Waals surface area contributed by atoms with Gasteiger partial charge in [-0.25, -0.2) is 9.18 Å². The maximum Gasteiger partial charge on any atom is 0.318 e. The lowest BCUT2D eigenvalue weighted by Gasteiger charge is -2.35. The van der Waals surface area contributed by atoms with Gasteiger partial charge in [0.2, 0.25) is 5.91 Å². The molecule has 2 N–H and O–H groups in total. The van der Waals surface area contributed by atoms with Gasteiger partial charge < -0.3 is 15.5 Å². The lowest BCUT2D eigenvalue weighted by Crippen LogP contribution is -2.54. The van der Waals surface area contributed by atoms with Crippen LogP contribution in [0.15, 0.2) is 24.3 Å². The highest BCUT2D eigenvalue weighted by molar-refractivity contribution is 5.89. The summed E-state index contributed by atoms with van der Waals surface area (Å²) in [5, 5.41) is 5.50. The molecule has 0 radical (unpaired) electrons. The van der Waals surface area contributed by atoms with E-state index in [-0.39, 0.29) is 17.8 Å². The summed E-state index contributed by atoms with van der Waals surface area (Å²) in [7, 11) is 0. The number of hydrogen-bond acceptors (Lipinski definition) is 2. The van der Waals surface area contributed by atoms with Gasteiger partial charge in [-0.2, -0.15) is 0 Å². The molecule has 1 aliphatic rings. The number of nitrogens with one attached hydrogen (secondary N) is 2. The van der Waals surface area contributed by atoms with E-state index in [2.05, 4.69) is 10.6 Å². The fourth-order valence-electron chi connectivity index (χ4n) is 2.20. The van der Waals surface area contributed by atoms with E-state index < -0.39 is 6.04 Å². The third-order valence-corrected chi connectivity index (χ3v) is 3.18. The first-order valence-electron chi connectivity index (χ1n) is 6.71. The summed E-state index contributed by atoms with van der Waals surface area (Å²) in [6, 6.07) is 4.67. The van der Waals surface area contributed by atoms with Crippen molar-refractivity contribution in [3.05, 3.63) is 35.6 Å². The SMILES string of the molecule is CCCNC(=O)N1CCNC(=O)C1c1ccc(F)cc1. The molecule has 2 rings (SSSR count). The molecular weight excluding hydrogens is 261 g/mol. The van der Waals surface area contributed by atoms with Crippen LogP contribution in [-0.4, -0.2) is 36.5 Å². The van der Waals surface area contributed by atoms with Crippen LogP contribution >= 0.6 is 0 Å². The van der Waals surface area contributed by atoms with Crippen LogP contribution in [0.5, 0.6) is 0 Å². The summed E-state index contributed by atoms with van der Waals surface area (Å²) in [6.07, 6.45) is 0.826. The summed E-state index contributed by atoms with van der Waals surface area (Å²) in [5.74, 6) is -0.610. The smallest absolute Gasteiger partial charge is 0.318 e. The number of halogens is 1. The average Bonchev–Trinajstić information content (AvgIpc) is 2.45. The zero-order chi connectivity index (χ0) is 14.5. The molecule has 1 aliphatic heterocycles. The summed E-state index contributed by atoms with van der Waals surface area (Å²) in [5.41, 5.74) is 0.607. The number of hydrogen-bond donors (Lipinski definition) is 2. The van der Waals surface area contributed by atoms with Crippen LogP contribution in [0.4, 0.5) is 9.18 Å². The Kier molecular flexibility index (Phi) is 4.55. The largest absolute Gasteiger partial charge is 0.352 e. The van der Waals surface area contributed by atoms with Gasteiger partial charge in [0.15, 0.2) is 0 Å². The summed E-state index contributed by atoms with van der Waals surface area (Å²) in [4.78, 5) is 25.6. The second kappa shape index (κ2) is 6.36. The quantitative estimate of drug-likeness (QED) is 0.879. The van der Waals surface area contributed by atoms with Crippen LogP contribution in [-0.2, 0) is 4.79 Å². The highest BCUT2D eigenvalue weighted by atomic mass is 19.1. The van der Waals surface area contributed by atoms with Crippen LogP contribution in [0.1, 0.15) is 24.9 Å². The average molecular weight is 279 g/mol. The molecule has 20 heavy (non-hydrogen) atoms. The van der Waals surface area contributed by atoms with Crippen LogP contribution in [0.2, 0.25) is 0 Å². The Balaban J connectivity index is 2.22. The van der Waals surface area contributed by atoms with E-state index in [4.69, 9.17) is 0 Å². The Bertz CT molecular complexity index is 490. The fourth-order valence-corrected chi connectivity index (χ4v) is 2.20. The lowest BCUT2D eigenvalue weighted by molar-refractivity contribution is -0.127. The van der Waals surface area contributed by atoms with Crippen LogP contribution in [0, 0.1) is 5.82 Å². The summed E-state index contributed by atoms with van der Waals surface area (Å²) in [6.45, 7) is 3.38. The zero-order valence-corrected chi connectivity index (χ0v) is 11.4. The Morgan fingerprint density at radius 2 is 2.15 bits per heavy atom. The highest BCUT2D eigenvalue weighted by Gasteiger charge is 2.34. The van der Waals surface area contributed by atoms with Crippen LogP contribution in [0.25, 0.3) is 0 Å². The van der Waals surface area contributed by atoms with E-state index in [1.54, 1.807) is 0 Å². The number of nitrogens with zero attached hydrogens (tertiary/aromatic N) is 1. The molecule has 1 aromatic rings. The van der Waals surface area contributed by atoms with Crippen LogP contribution in [0.3, 0.4) is 0 Å². The standard InChI is InChI=1S/C14H18FN3O2/c1-2-7-17-14(20)18-9-8-16-13(19)12(18)10-3-5-11(15)6-4-10/h3-6,12H,2,7-9H2,1H3,(H,16,19)(H,17,20). The number of amides is 3. The van der Waals surface area contributed by atoms with Crippen molar-refractivity contribution in [1.82, 2.24) is 15.5 Å². The van der Waals surface area contributed by atoms with Crippen molar-refractivity contribution in [2.75, 3.05) is 19.6 Å². The molecule has 6 heteroatoms. The van der Waals surface area contributed by atoms with E-state index in [1.807, 2.05) is 6.92 Å². The number of carbonyl (C=O) groups excluding carboxylic acids is 2. The minimum atomic E-state index is -0.707. The minimum absolute atomic E-state index is 0.241. The Morgan fingerprint density at radius 3 is 2.80 bits per heavy atom. The van der Waals surface area contributed by atoms with Gasteiger partial charge in [-0.1, -0.05) is 19.1 Å². The number of urea groups is 1. The van der Waals surface area contributed by atoms with Gasteiger partial charge in [0, 0.05) is 19.6 Å². The van der Waals surface area contributed by atoms with Crippen molar-refractivity contribution in [2.24, 2.45) is 0 Å². The Hall–Kier alpha value is -2.11. The van der Waals surface area contributed by atoms with Crippen molar-refractivity contribution in [3.63, 3.8) is 0 Å². The first-order chi connectivity index (χ1) is 9.63. The van der Waals surface area contributed by atoms with Gasteiger partial charge >= 0.3 is 6.03 Å².